The zero-order chi connectivity index (χ0) is 20.7. The molecule has 3 heterocycles. The monoisotopic (exact) mass is 399 g/mol. The number of hydrogen-bond acceptors (Lipinski definition) is 7. The number of fused-ring (bicyclic) bond motifs is 1. The van der Waals surface area contributed by atoms with Crippen LogP contribution in [0.3, 0.4) is 0 Å². The number of aromatic nitrogens is 3. The lowest BCUT2D eigenvalue weighted by atomic mass is 9.87. The summed E-state index contributed by atoms with van der Waals surface area (Å²) in [6.45, 7) is 5.92. The molecule has 154 valence electrons. The third-order valence-corrected chi connectivity index (χ3v) is 5.52. The molecule has 1 atom stereocenters. The van der Waals surface area contributed by atoms with Gasteiger partial charge in [0.15, 0.2) is 5.82 Å². The van der Waals surface area contributed by atoms with Crippen molar-refractivity contribution in [2.45, 2.75) is 51.7 Å². The van der Waals surface area contributed by atoms with Crippen LogP contribution in [0.4, 0.5) is 27.7 Å². The molecule has 1 amide bonds. The molecule has 1 saturated carbocycles. The predicted molar refractivity (Wildman–Crippen MR) is 111 cm³/mol. The van der Waals surface area contributed by atoms with Crippen molar-refractivity contribution in [1.29, 1.82) is 0 Å². The first-order valence-corrected chi connectivity index (χ1v) is 9.88. The van der Waals surface area contributed by atoms with Crippen molar-refractivity contribution in [2.24, 2.45) is 5.92 Å². The minimum absolute atomic E-state index is 0.0234. The first kappa shape index (κ1) is 19.4. The Balaban J connectivity index is 1.41. The first-order chi connectivity index (χ1) is 13.8. The van der Waals surface area contributed by atoms with E-state index < -0.39 is 0 Å². The Morgan fingerprint density at radius 3 is 2.59 bits per heavy atom. The standard InChI is InChI=1S/C20H26FN7O/c1-10(2)17-19(29)26-16-11(3)23-20(27-18(16)28(17)4)25-14-7-13(8-14)24-15-6-5-12(21)9-22-15/h5-6,9-10,13-14,17H,7-8H2,1-4H3,(H,22,24)(H,26,29)(H,23,25,27). The number of amides is 1. The molecular weight excluding hydrogens is 373 g/mol. The molecule has 0 bridgehead atoms. The SMILES string of the molecule is Cc1nc(NC2CC(Nc3ccc(F)cn3)C2)nc2c1NC(=O)C(C(C)C)N2C. The van der Waals surface area contributed by atoms with E-state index in [-0.39, 0.29) is 35.8 Å². The molecule has 3 N–H and O–H groups in total. The maximum absolute atomic E-state index is 13.0. The summed E-state index contributed by atoms with van der Waals surface area (Å²) in [5.74, 6) is 1.78. The average Bonchev–Trinajstić information content (AvgIpc) is 2.62. The van der Waals surface area contributed by atoms with E-state index >= 15 is 0 Å². The van der Waals surface area contributed by atoms with Crippen LogP contribution in [-0.2, 0) is 4.79 Å². The van der Waals surface area contributed by atoms with Gasteiger partial charge in [0, 0.05) is 19.1 Å². The zero-order valence-electron chi connectivity index (χ0n) is 17.0. The van der Waals surface area contributed by atoms with E-state index in [4.69, 9.17) is 0 Å². The Morgan fingerprint density at radius 2 is 1.93 bits per heavy atom. The second-order valence-electron chi connectivity index (χ2n) is 8.14. The molecule has 9 heteroatoms. The molecule has 1 aliphatic carbocycles. The number of rotatable bonds is 5. The molecule has 29 heavy (non-hydrogen) atoms. The van der Waals surface area contributed by atoms with Crippen LogP contribution in [0.1, 0.15) is 32.4 Å². The quantitative estimate of drug-likeness (QED) is 0.712. The first-order valence-electron chi connectivity index (χ1n) is 9.88. The molecule has 8 nitrogen and oxygen atoms in total. The lowest BCUT2D eigenvalue weighted by molar-refractivity contribution is -0.118. The molecule has 1 aliphatic heterocycles. The van der Waals surface area contributed by atoms with Gasteiger partial charge in [-0.3, -0.25) is 4.79 Å². The van der Waals surface area contributed by atoms with Crippen molar-refractivity contribution in [3.63, 3.8) is 0 Å². The highest BCUT2D eigenvalue weighted by molar-refractivity contribution is 6.03. The van der Waals surface area contributed by atoms with Crippen molar-refractivity contribution in [3.05, 3.63) is 29.8 Å². The van der Waals surface area contributed by atoms with Gasteiger partial charge in [0.1, 0.15) is 23.4 Å². The van der Waals surface area contributed by atoms with Gasteiger partial charge < -0.3 is 20.9 Å². The van der Waals surface area contributed by atoms with Crippen molar-refractivity contribution in [3.8, 4) is 0 Å². The summed E-state index contributed by atoms with van der Waals surface area (Å²) in [7, 11) is 1.90. The van der Waals surface area contributed by atoms with E-state index in [0.717, 1.165) is 24.4 Å². The molecule has 4 rings (SSSR count). The maximum Gasteiger partial charge on any atom is 0.247 e. The number of halogens is 1. The second-order valence-corrected chi connectivity index (χ2v) is 8.14. The van der Waals surface area contributed by atoms with Crippen molar-refractivity contribution < 1.29 is 9.18 Å². The van der Waals surface area contributed by atoms with Crippen LogP contribution in [0.15, 0.2) is 18.3 Å². The fourth-order valence-corrected chi connectivity index (χ4v) is 3.99. The Bertz CT molecular complexity index is 912. The van der Waals surface area contributed by atoms with Gasteiger partial charge in [-0.25, -0.2) is 14.4 Å². The third-order valence-electron chi connectivity index (χ3n) is 5.52. The number of nitrogens with zero attached hydrogens (tertiary/aromatic N) is 4. The summed E-state index contributed by atoms with van der Waals surface area (Å²) in [4.78, 5) is 27.6. The van der Waals surface area contributed by atoms with Crippen molar-refractivity contribution in [2.75, 3.05) is 27.9 Å². The Morgan fingerprint density at radius 1 is 1.21 bits per heavy atom. The summed E-state index contributed by atoms with van der Waals surface area (Å²) in [6, 6.07) is 3.30. The molecule has 1 unspecified atom stereocenters. The van der Waals surface area contributed by atoms with Crippen molar-refractivity contribution in [1.82, 2.24) is 15.0 Å². The number of carbonyl (C=O) groups excluding carboxylic acids is 1. The average molecular weight is 399 g/mol. The van der Waals surface area contributed by atoms with Crippen LogP contribution < -0.4 is 20.9 Å². The number of aryl methyl sites for hydroxylation is 1. The van der Waals surface area contributed by atoms with E-state index in [0.29, 0.717) is 17.5 Å². The van der Waals surface area contributed by atoms with Crippen LogP contribution in [0.25, 0.3) is 0 Å². The molecule has 2 aromatic rings. The van der Waals surface area contributed by atoms with Gasteiger partial charge in [-0.1, -0.05) is 13.8 Å². The molecule has 0 spiro atoms. The third kappa shape index (κ3) is 3.81. The molecule has 1 fully saturated rings. The van der Waals surface area contributed by atoms with Crippen LogP contribution in [-0.4, -0.2) is 46.0 Å². The fourth-order valence-electron chi connectivity index (χ4n) is 3.99. The number of hydrogen-bond donors (Lipinski definition) is 3. The molecule has 2 aromatic heterocycles. The highest BCUT2D eigenvalue weighted by Crippen LogP contribution is 2.35. The van der Waals surface area contributed by atoms with E-state index in [1.54, 1.807) is 6.07 Å². The largest absolute Gasteiger partial charge is 0.367 e. The zero-order valence-corrected chi connectivity index (χ0v) is 17.0. The van der Waals surface area contributed by atoms with E-state index in [2.05, 4.69) is 30.9 Å². The van der Waals surface area contributed by atoms with Crippen LogP contribution in [0, 0.1) is 18.7 Å². The number of anilines is 4. The summed E-state index contributed by atoms with van der Waals surface area (Å²) in [5, 5.41) is 9.65. The van der Waals surface area contributed by atoms with E-state index in [1.807, 2.05) is 32.7 Å². The highest BCUT2D eigenvalue weighted by Gasteiger charge is 2.36. The minimum atomic E-state index is -0.343. The fraction of sp³-hybridized carbons (Fsp3) is 0.500. The molecule has 2 aliphatic rings. The van der Waals surface area contributed by atoms with Gasteiger partial charge in [-0.15, -0.1) is 0 Å². The predicted octanol–water partition coefficient (Wildman–Crippen LogP) is 2.79. The van der Waals surface area contributed by atoms with Crippen LogP contribution >= 0.6 is 0 Å². The normalized spacial score (nSPS) is 23.3. The van der Waals surface area contributed by atoms with Gasteiger partial charge in [0.2, 0.25) is 11.9 Å². The minimum Gasteiger partial charge on any atom is -0.367 e. The molecular formula is C20H26FN7O. The summed E-state index contributed by atoms with van der Waals surface area (Å²) in [5.41, 5.74) is 1.42. The van der Waals surface area contributed by atoms with Crippen molar-refractivity contribution >= 4 is 29.2 Å². The van der Waals surface area contributed by atoms with E-state index in [1.165, 1.54) is 12.3 Å². The molecule has 0 aromatic carbocycles. The second kappa shape index (κ2) is 7.46. The Hall–Kier alpha value is -2.97. The van der Waals surface area contributed by atoms with Gasteiger partial charge >= 0.3 is 0 Å². The Kier molecular flexibility index (Phi) is 4.97. The van der Waals surface area contributed by atoms with Gasteiger partial charge in [-0.05, 0) is 37.8 Å². The summed E-state index contributed by atoms with van der Waals surface area (Å²) in [6.07, 6.45) is 2.99. The molecule has 0 saturated heterocycles. The summed E-state index contributed by atoms with van der Waals surface area (Å²) >= 11 is 0. The summed E-state index contributed by atoms with van der Waals surface area (Å²) < 4.78 is 13.0. The number of pyridine rings is 1. The van der Waals surface area contributed by atoms with Gasteiger partial charge in [0.05, 0.1) is 11.9 Å². The van der Waals surface area contributed by atoms with E-state index in [9.17, 15) is 9.18 Å². The van der Waals surface area contributed by atoms with Gasteiger partial charge in [-0.2, -0.15) is 4.98 Å². The maximum atomic E-state index is 13.0. The topological polar surface area (TPSA) is 95.1 Å². The van der Waals surface area contributed by atoms with Crippen LogP contribution in [0.2, 0.25) is 0 Å². The smallest absolute Gasteiger partial charge is 0.247 e. The number of nitrogens with one attached hydrogen (secondary N) is 3. The lowest BCUT2D eigenvalue weighted by Crippen LogP contribution is -2.50. The number of likely N-dealkylation sites (N-methyl/N-ethyl adjacent to an activating group) is 1. The highest BCUT2D eigenvalue weighted by atomic mass is 19.1. The number of carbonyl (C=O) groups is 1. The molecule has 0 radical (unpaired) electrons. The lowest BCUT2D eigenvalue weighted by Gasteiger charge is -2.38. The van der Waals surface area contributed by atoms with Gasteiger partial charge in [0.25, 0.3) is 0 Å². The van der Waals surface area contributed by atoms with Crippen LogP contribution in [0.5, 0.6) is 0 Å². The Labute approximate surface area is 169 Å².